The van der Waals surface area contributed by atoms with Gasteiger partial charge in [-0.2, -0.15) is 4.98 Å². The van der Waals surface area contributed by atoms with Gasteiger partial charge in [-0.1, -0.05) is 19.8 Å². The Bertz CT molecular complexity index is 1030. The van der Waals surface area contributed by atoms with E-state index in [9.17, 15) is 24.1 Å². The molecule has 0 amide bonds. The van der Waals surface area contributed by atoms with Gasteiger partial charge >= 0.3 is 16.5 Å². The first-order chi connectivity index (χ1) is 15.8. The molecule has 0 radical (unpaired) electrons. The SMILES string of the molecule is CCCCCO[PH](=O)OCO[PH](=O)OC[C@H]1O[C@@H](n2cnc3c(=O)[nH]c(N)nc32)[C@H](O)[C@@H]1O. The number of rotatable bonds is 13. The standard InChI is InChI=1S/C16H27N5O10P2/c1-2-3-4-5-27-32(25)29-8-30-33(26)28-6-9-11(22)12(23)15(31-9)21-7-18-10-13(21)19-16(17)20-14(10)24/h7,9,11-12,15,22-23,32-33H,2-6,8H2,1H3,(H3,17,19,20,24)/t9-,11-,12-,15-/m1/s1. The molecule has 1 aliphatic rings. The van der Waals surface area contributed by atoms with Gasteiger partial charge in [0.25, 0.3) is 5.56 Å². The van der Waals surface area contributed by atoms with Crippen molar-refractivity contribution in [3.05, 3.63) is 16.7 Å². The molecule has 3 heterocycles. The number of aliphatic hydroxyl groups is 2. The number of imidazole rings is 1. The maximum Gasteiger partial charge on any atom is 0.321 e. The predicted molar refractivity (Wildman–Crippen MR) is 115 cm³/mol. The molecular weight excluding hydrogens is 484 g/mol. The third kappa shape index (κ3) is 6.69. The van der Waals surface area contributed by atoms with Gasteiger partial charge in [-0.15, -0.1) is 0 Å². The van der Waals surface area contributed by atoms with Crippen molar-refractivity contribution in [3.8, 4) is 0 Å². The van der Waals surface area contributed by atoms with Crippen LogP contribution in [0.5, 0.6) is 0 Å². The van der Waals surface area contributed by atoms with E-state index in [4.69, 9.17) is 28.6 Å². The Morgan fingerprint density at radius 2 is 1.91 bits per heavy atom. The van der Waals surface area contributed by atoms with Crippen LogP contribution in [-0.4, -0.2) is 68.1 Å². The van der Waals surface area contributed by atoms with Gasteiger partial charge < -0.3 is 29.7 Å². The Morgan fingerprint density at radius 1 is 1.18 bits per heavy atom. The third-order valence-electron chi connectivity index (χ3n) is 4.75. The summed E-state index contributed by atoms with van der Waals surface area (Å²) in [5.41, 5.74) is 5.01. The Morgan fingerprint density at radius 3 is 2.64 bits per heavy atom. The van der Waals surface area contributed by atoms with Crippen LogP contribution < -0.4 is 11.3 Å². The Hall–Kier alpha value is -1.67. The van der Waals surface area contributed by atoms with Gasteiger partial charge in [0, 0.05) is 0 Å². The quantitative estimate of drug-likeness (QED) is 0.162. The highest BCUT2D eigenvalue weighted by Crippen LogP contribution is 2.34. The number of nitrogens with one attached hydrogen (secondary N) is 1. The normalized spacial score (nSPS) is 24.9. The number of hydrogen-bond donors (Lipinski definition) is 4. The molecule has 1 saturated heterocycles. The largest absolute Gasteiger partial charge is 0.387 e. The van der Waals surface area contributed by atoms with Crippen LogP contribution in [0.15, 0.2) is 11.1 Å². The minimum absolute atomic E-state index is 0.0266. The zero-order chi connectivity index (χ0) is 24.0. The summed E-state index contributed by atoms with van der Waals surface area (Å²) in [6.45, 7) is 1.36. The summed E-state index contributed by atoms with van der Waals surface area (Å²) in [4.78, 5) is 22.1. The summed E-state index contributed by atoms with van der Waals surface area (Å²) in [7, 11) is -5.84. The molecule has 0 saturated carbocycles. The van der Waals surface area contributed by atoms with E-state index in [2.05, 4.69) is 15.0 Å². The number of ether oxygens (including phenoxy) is 1. The van der Waals surface area contributed by atoms with Crippen LogP contribution in [0.2, 0.25) is 0 Å². The number of H-pyrrole nitrogens is 1. The molecule has 0 spiro atoms. The van der Waals surface area contributed by atoms with Gasteiger partial charge in [-0.05, 0) is 6.42 Å². The molecule has 2 aromatic heterocycles. The van der Waals surface area contributed by atoms with Crippen LogP contribution in [0.3, 0.4) is 0 Å². The maximum absolute atomic E-state index is 11.9. The third-order valence-corrected chi connectivity index (χ3v) is 6.30. The van der Waals surface area contributed by atoms with Crippen molar-refractivity contribution in [2.24, 2.45) is 0 Å². The van der Waals surface area contributed by atoms with Gasteiger partial charge in [0.05, 0.1) is 19.5 Å². The maximum atomic E-state index is 11.9. The number of nitrogens with two attached hydrogens (primary N) is 1. The van der Waals surface area contributed by atoms with Gasteiger partial charge in [0.15, 0.2) is 24.2 Å². The van der Waals surface area contributed by atoms with E-state index in [1.165, 1.54) is 10.9 Å². The second-order valence-electron chi connectivity index (χ2n) is 7.09. The molecule has 5 N–H and O–H groups in total. The highest BCUT2D eigenvalue weighted by Gasteiger charge is 2.44. The zero-order valence-corrected chi connectivity index (χ0v) is 19.7. The van der Waals surface area contributed by atoms with Crippen molar-refractivity contribution >= 4 is 33.6 Å². The lowest BCUT2D eigenvalue weighted by Crippen LogP contribution is -2.33. The average molecular weight is 511 g/mol. The van der Waals surface area contributed by atoms with Gasteiger partial charge in [0.2, 0.25) is 5.95 Å². The van der Waals surface area contributed by atoms with Crippen molar-refractivity contribution < 1.29 is 42.2 Å². The molecule has 1 aliphatic heterocycles. The molecule has 0 aromatic carbocycles. The molecule has 17 heteroatoms. The van der Waals surface area contributed by atoms with E-state index < -0.39 is 60.0 Å². The van der Waals surface area contributed by atoms with Crippen LogP contribution >= 0.6 is 16.5 Å². The van der Waals surface area contributed by atoms with Gasteiger partial charge in [-0.3, -0.25) is 32.5 Å². The van der Waals surface area contributed by atoms with Crippen molar-refractivity contribution in [1.29, 1.82) is 0 Å². The smallest absolute Gasteiger partial charge is 0.321 e. The van der Waals surface area contributed by atoms with Crippen LogP contribution in [0, 0.1) is 0 Å². The molecule has 2 aromatic rings. The minimum atomic E-state index is -3.08. The molecule has 6 atom stereocenters. The van der Waals surface area contributed by atoms with Crippen LogP contribution in [-0.2, 0) is 32.0 Å². The number of anilines is 1. The number of hydrogen-bond acceptors (Lipinski definition) is 13. The Balaban J connectivity index is 1.47. The molecule has 2 unspecified atom stereocenters. The summed E-state index contributed by atoms with van der Waals surface area (Å²) >= 11 is 0. The summed E-state index contributed by atoms with van der Waals surface area (Å²) in [6, 6.07) is 0. The number of fused-ring (bicyclic) bond motifs is 1. The van der Waals surface area contributed by atoms with Gasteiger partial charge in [0.1, 0.15) is 18.3 Å². The monoisotopic (exact) mass is 511 g/mol. The highest BCUT2D eigenvalue weighted by atomic mass is 31.1. The van der Waals surface area contributed by atoms with E-state index in [1.807, 2.05) is 6.92 Å². The van der Waals surface area contributed by atoms with Crippen molar-refractivity contribution in [2.75, 3.05) is 25.7 Å². The van der Waals surface area contributed by atoms with Crippen molar-refractivity contribution in [3.63, 3.8) is 0 Å². The second-order valence-corrected chi connectivity index (χ2v) is 9.25. The number of unbranched alkanes of at least 4 members (excludes halogenated alkanes) is 2. The van der Waals surface area contributed by atoms with Crippen LogP contribution in [0.4, 0.5) is 5.95 Å². The lowest BCUT2D eigenvalue weighted by Gasteiger charge is -2.16. The fourth-order valence-corrected chi connectivity index (χ4v) is 4.30. The highest BCUT2D eigenvalue weighted by molar-refractivity contribution is 7.34. The topological polar surface area (TPSA) is 210 Å². The first-order valence-electron chi connectivity index (χ1n) is 10.1. The molecule has 33 heavy (non-hydrogen) atoms. The van der Waals surface area contributed by atoms with Crippen LogP contribution in [0.1, 0.15) is 32.4 Å². The van der Waals surface area contributed by atoms with Crippen molar-refractivity contribution in [1.82, 2.24) is 19.5 Å². The summed E-state index contributed by atoms with van der Waals surface area (Å²) < 4.78 is 49.9. The molecule has 186 valence electrons. The fraction of sp³-hybridized carbons (Fsp3) is 0.688. The predicted octanol–water partition coefficient (Wildman–Crippen LogP) is 0.314. The van der Waals surface area contributed by atoms with E-state index in [-0.39, 0.29) is 17.1 Å². The number of nitrogens with zero attached hydrogens (tertiary/aromatic N) is 3. The number of nitrogen functional groups attached to an aromatic ring is 1. The van der Waals surface area contributed by atoms with E-state index in [0.717, 1.165) is 19.3 Å². The molecule has 3 rings (SSSR count). The van der Waals surface area contributed by atoms with Crippen molar-refractivity contribution in [2.45, 2.75) is 50.7 Å². The number of aromatic nitrogens is 4. The molecule has 15 nitrogen and oxygen atoms in total. The lowest BCUT2D eigenvalue weighted by atomic mass is 10.1. The first kappa shape index (κ1) is 25.9. The Labute approximate surface area is 189 Å². The zero-order valence-electron chi connectivity index (χ0n) is 17.7. The molecule has 0 aliphatic carbocycles. The molecule has 1 fully saturated rings. The van der Waals surface area contributed by atoms with E-state index in [1.54, 1.807) is 0 Å². The summed E-state index contributed by atoms with van der Waals surface area (Å²) in [5.74, 6) is -0.158. The summed E-state index contributed by atoms with van der Waals surface area (Å²) in [6.07, 6.45) is -1.18. The number of aromatic amines is 1. The molecular formula is C16H27N5O10P2. The minimum Gasteiger partial charge on any atom is -0.387 e. The summed E-state index contributed by atoms with van der Waals surface area (Å²) in [5, 5.41) is 20.7. The van der Waals surface area contributed by atoms with Gasteiger partial charge in [-0.25, -0.2) is 4.98 Å². The lowest BCUT2D eigenvalue weighted by molar-refractivity contribution is -0.0489. The fourth-order valence-electron chi connectivity index (χ4n) is 3.09. The second kappa shape index (κ2) is 12.2. The van der Waals surface area contributed by atoms with E-state index in [0.29, 0.717) is 6.61 Å². The average Bonchev–Trinajstić information content (AvgIpc) is 3.31. The first-order valence-corrected chi connectivity index (χ1v) is 12.6. The molecule has 0 bridgehead atoms. The van der Waals surface area contributed by atoms with E-state index >= 15 is 0 Å². The number of aliphatic hydroxyl groups excluding tert-OH is 2. The Kier molecular flexibility index (Phi) is 9.56. The van der Waals surface area contributed by atoms with Crippen LogP contribution in [0.25, 0.3) is 11.2 Å².